The van der Waals surface area contributed by atoms with E-state index in [1.165, 1.54) is 0 Å². The molecule has 3 nitrogen and oxygen atoms in total. The van der Waals surface area contributed by atoms with Gasteiger partial charge in [0.25, 0.3) is 0 Å². The molecule has 0 bridgehead atoms. The Balaban J connectivity index is 2.58. The van der Waals surface area contributed by atoms with Crippen molar-refractivity contribution in [2.45, 2.75) is 25.6 Å². The van der Waals surface area contributed by atoms with E-state index in [9.17, 15) is 0 Å². The number of hydrogen-bond acceptors (Lipinski definition) is 3. The van der Waals surface area contributed by atoms with Crippen LogP contribution in [0.1, 0.15) is 33.0 Å². The standard InChI is InChI=1S/C16H18Br2O3/c1-8-9(2)21-10(3)13(8)14(17)11-6-7-12(19-4)15(18)16(11)20-5/h6-7,14H,1-5H3. The maximum atomic E-state index is 5.73. The van der Waals surface area contributed by atoms with E-state index in [1.54, 1.807) is 14.2 Å². The van der Waals surface area contributed by atoms with Crippen LogP contribution in [0.3, 0.4) is 0 Å². The maximum absolute atomic E-state index is 5.73. The SMILES string of the molecule is COc1ccc(C(Br)c2c(C)oc(C)c2C)c(OC)c1Br. The van der Waals surface area contributed by atoms with E-state index in [-0.39, 0.29) is 4.83 Å². The van der Waals surface area contributed by atoms with Gasteiger partial charge in [-0.2, -0.15) is 0 Å². The van der Waals surface area contributed by atoms with Crippen molar-refractivity contribution in [3.05, 3.63) is 44.8 Å². The molecule has 21 heavy (non-hydrogen) atoms. The van der Waals surface area contributed by atoms with Crippen molar-refractivity contribution in [2.75, 3.05) is 14.2 Å². The predicted octanol–water partition coefficient (Wildman–Crippen LogP) is 5.47. The molecule has 1 aromatic heterocycles. The second-order valence-corrected chi connectivity index (χ2v) is 6.53. The van der Waals surface area contributed by atoms with Gasteiger partial charge in [0.1, 0.15) is 27.5 Å². The van der Waals surface area contributed by atoms with Crippen molar-refractivity contribution in [3.63, 3.8) is 0 Å². The highest BCUT2D eigenvalue weighted by molar-refractivity contribution is 9.10. The van der Waals surface area contributed by atoms with Gasteiger partial charge in [-0.25, -0.2) is 0 Å². The molecule has 0 fully saturated rings. The highest BCUT2D eigenvalue weighted by Gasteiger charge is 2.25. The van der Waals surface area contributed by atoms with Crippen molar-refractivity contribution < 1.29 is 13.9 Å². The fraction of sp³-hybridized carbons (Fsp3) is 0.375. The Labute approximate surface area is 141 Å². The molecule has 0 aliphatic rings. The molecule has 0 aliphatic carbocycles. The third-order valence-electron chi connectivity index (χ3n) is 3.66. The minimum atomic E-state index is -0.00731. The highest BCUT2D eigenvalue weighted by atomic mass is 79.9. The van der Waals surface area contributed by atoms with Gasteiger partial charge in [0.05, 0.1) is 19.0 Å². The van der Waals surface area contributed by atoms with E-state index in [1.807, 2.05) is 26.0 Å². The molecule has 0 radical (unpaired) electrons. The van der Waals surface area contributed by atoms with E-state index in [2.05, 4.69) is 38.8 Å². The van der Waals surface area contributed by atoms with Crippen LogP contribution in [0.5, 0.6) is 11.5 Å². The Hall–Kier alpha value is -0.940. The van der Waals surface area contributed by atoms with Gasteiger partial charge in [0.2, 0.25) is 0 Å². The summed E-state index contributed by atoms with van der Waals surface area (Å²) in [5.74, 6) is 3.36. The molecule has 0 saturated heterocycles. The minimum Gasteiger partial charge on any atom is -0.495 e. The summed E-state index contributed by atoms with van der Waals surface area (Å²) in [4.78, 5) is -0.00731. The molecule has 0 N–H and O–H groups in total. The minimum absolute atomic E-state index is 0.00731. The first-order chi connectivity index (χ1) is 9.92. The second kappa shape index (κ2) is 6.44. The molecular weight excluding hydrogens is 400 g/mol. The number of ether oxygens (including phenoxy) is 2. The molecule has 1 unspecified atom stereocenters. The Morgan fingerprint density at radius 3 is 2.19 bits per heavy atom. The largest absolute Gasteiger partial charge is 0.495 e. The van der Waals surface area contributed by atoms with Crippen LogP contribution in [0.25, 0.3) is 0 Å². The molecule has 0 amide bonds. The molecule has 2 rings (SSSR count). The third kappa shape index (κ3) is 2.86. The van der Waals surface area contributed by atoms with E-state index in [4.69, 9.17) is 13.9 Å². The average molecular weight is 418 g/mol. The number of aryl methyl sites for hydroxylation is 2. The van der Waals surface area contributed by atoms with Crippen molar-refractivity contribution >= 4 is 31.9 Å². The Bertz CT molecular complexity index is 662. The monoisotopic (exact) mass is 416 g/mol. The van der Waals surface area contributed by atoms with Gasteiger partial charge in [-0.05, 0) is 48.3 Å². The maximum Gasteiger partial charge on any atom is 0.141 e. The molecule has 0 spiro atoms. The Morgan fingerprint density at radius 2 is 1.71 bits per heavy atom. The van der Waals surface area contributed by atoms with Crippen molar-refractivity contribution in [2.24, 2.45) is 0 Å². The van der Waals surface area contributed by atoms with Gasteiger partial charge in [-0.1, -0.05) is 22.0 Å². The zero-order valence-electron chi connectivity index (χ0n) is 12.7. The first-order valence-corrected chi connectivity index (χ1v) is 8.24. The summed E-state index contributed by atoms with van der Waals surface area (Å²) in [6, 6.07) is 3.93. The molecule has 1 heterocycles. The Kier molecular flexibility index (Phi) is 5.04. The van der Waals surface area contributed by atoms with Crippen LogP contribution in [0.2, 0.25) is 0 Å². The van der Waals surface area contributed by atoms with Crippen LogP contribution in [0.15, 0.2) is 21.0 Å². The first kappa shape index (κ1) is 16.4. The van der Waals surface area contributed by atoms with Gasteiger partial charge in [0, 0.05) is 11.1 Å². The summed E-state index contributed by atoms with van der Waals surface area (Å²) >= 11 is 7.32. The molecular formula is C16H18Br2O3. The van der Waals surface area contributed by atoms with Gasteiger partial charge >= 0.3 is 0 Å². The lowest BCUT2D eigenvalue weighted by Crippen LogP contribution is -2.01. The number of halogens is 2. The van der Waals surface area contributed by atoms with E-state index < -0.39 is 0 Å². The summed E-state index contributed by atoms with van der Waals surface area (Å²) in [5, 5.41) is 0. The van der Waals surface area contributed by atoms with E-state index in [0.717, 1.165) is 44.2 Å². The number of methoxy groups -OCH3 is 2. The van der Waals surface area contributed by atoms with Crippen LogP contribution in [-0.4, -0.2) is 14.2 Å². The quantitative estimate of drug-likeness (QED) is 0.618. The first-order valence-electron chi connectivity index (χ1n) is 6.53. The smallest absolute Gasteiger partial charge is 0.141 e. The zero-order valence-corrected chi connectivity index (χ0v) is 15.9. The van der Waals surface area contributed by atoms with Crippen molar-refractivity contribution in [3.8, 4) is 11.5 Å². The van der Waals surface area contributed by atoms with Gasteiger partial charge < -0.3 is 13.9 Å². The zero-order chi connectivity index (χ0) is 15.7. The van der Waals surface area contributed by atoms with Gasteiger partial charge in [-0.15, -0.1) is 0 Å². The second-order valence-electron chi connectivity index (χ2n) is 4.82. The molecule has 5 heteroatoms. The molecule has 0 saturated carbocycles. The van der Waals surface area contributed by atoms with Crippen molar-refractivity contribution in [1.29, 1.82) is 0 Å². The molecule has 0 aliphatic heterocycles. The van der Waals surface area contributed by atoms with E-state index >= 15 is 0 Å². The summed E-state index contributed by atoms with van der Waals surface area (Å²) in [5.41, 5.74) is 3.32. The summed E-state index contributed by atoms with van der Waals surface area (Å²) in [6.07, 6.45) is 0. The van der Waals surface area contributed by atoms with Gasteiger partial charge in [-0.3, -0.25) is 0 Å². The fourth-order valence-electron chi connectivity index (χ4n) is 2.46. The number of rotatable bonds is 4. The normalized spacial score (nSPS) is 12.3. The number of alkyl halides is 1. The summed E-state index contributed by atoms with van der Waals surface area (Å²) < 4.78 is 17.4. The Morgan fingerprint density at radius 1 is 1.05 bits per heavy atom. The van der Waals surface area contributed by atoms with Crippen LogP contribution in [0, 0.1) is 20.8 Å². The lowest BCUT2D eigenvalue weighted by molar-refractivity contribution is 0.386. The number of hydrogen-bond donors (Lipinski definition) is 0. The molecule has 114 valence electrons. The predicted molar refractivity (Wildman–Crippen MR) is 90.9 cm³/mol. The van der Waals surface area contributed by atoms with Crippen LogP contribution in [-0.2, 0) is 0 Å². The average Bonchev–Trinajstić information content (AvgIpc) is 2.71. The summed E-state index contributed by atoms with van der Waals surface area (Å²) in [6.45, 7) is 6.03. The molecule has 1 aromatic carbocycles. The fourth-order valence-corrected chi connectivity index (χ4v) is 4.17. The number of benzene rings is 1. The lowest BCUT2D eigenvalue weighted by Gasteiger charge is -2.18. The molecule has 1 atom stereocenters. The van der Waals surface area contributed by atoms with Crippen LogP contribution >= 0.6 is 31.9 Å². The van der Waals surface area contributed by atoms with Gasteiger partial charge in [0.15, 0.2) is 0 Å². The summed E-state index contributed by atoms with van der Waals surface area (Å²) in [7, 11) is 3.29. The molecule has 2 aromatic rings. The number of furan rings is 1. The lowest BCUT2D eigenvalue weighted by atomic mass is 10.00. The van der Waals surface area contributed by atoms with Crippen LogP contribution < -0.4 is 9.47 Å². The van der Waals surface area contributed by atoms with E-state index in [0.29, 0.717) is 0 Å². The van der Waals surface area contributed by atoms with Crippen LogP contribution in [0.4, 0.5) is 0 Å². The van der Waals surface area contributed by atoms with Crippen molar-refractivity contribution in [1.82, 2.24) is 0 Å². The highest BCUT2D eigenvalue weighted by Crippen LogP contribution is 2.46. The topological polar surface area (TPSA) is 31.6 Å². The third-order valence-corrected chi connectivity index (χ3v) is 5.36.